The third-order valence-electron chi connectivity index (χ3n) is 6.55. The van der Waals surface area contributed by atoms with Crippen LogP contribution in [0.15, 0.2) is 60.2 Å². The monoisotopic (exact) mass is 514 g/mol. The summed E-state index contributed by atoms with van der Waals surface area (Å²) < 4.78 is 11.7. The lowest BCUT2D eigenvalue weighted by Crippen LogP contribution is -2.29. The largest absolute Gasteiger partial charge is 0.507 e. The molecule has 3 aromatic carbocycles. The van der Waals surface area contributed by atoms with Crippen LogP contribution in [0.3, 0.4) is 0 Å². The molecule has 188 valence electrons. The number of aryl methyl sites for hydroxylation is 3. The lowest BCUT2D eigenvalue weighted by Gasteiger charge is -2.23. The number of anilines is 1. The van der Waals surface area contributed by atoms with E-state index in [2.05, 4.69) is 0 Å². The van der Waals surface area contributed by atoms with Crippen LogP contribution in [-0.2, 0) is 9.59 Å². The number of fused-ring (bicyclic) bond motifs is 1. The van der Waals surface area contributed by atoms with Crippen molar-refractivity contribution < 1.29 is 24.2 Å². The molecule has 7 nitrogen and oxygen atoms in total. The Labute approximate surface area is 218 Å². The van der Waals surface area contributed by atoms with Gasteiger partial charge in [-0.15, -0.1) is 0 Å². The molecule has 1 atom stereocenters. The number of carbonyl (C=O) groups excluding carboxylic acids is 2. The van der Waals surface area contributed by atoms with Gasteiger partial charge in [0.1, 0.15) is 17.3 Å². The highest BCUT2D eigenvalue weighted by molar-refractivity contribution is 7.22. The number of hydrogen-bond donors (Lipinski definition) is 1. The molecule has 37 heavy (non-hydrogen) atoms. The number of methoxy groups -OCH3 is 2. The van der Waals surface area contributed by atoms with Crippen LogP contribution >= 0.6 is 11.3 Å². The van der Waals surface area contributed by atoms with E-state index in [9.17, 15) is 14.7 Å². The van der Waals surface area contributed by atoms with Crippen molar-refractivity contribution in [2.45, 2.75) is 26.8 Å². The number of aromatic nitrogens is 1. The molecule has 2 heterocycles. The molecule has 0 spiro atoms. The van der Waals surface area contributed by atoms with Crippen molar-refractivity contribution in [3.05, 3.63) is 88.0 Å². The maximum absolute atomic E-state index is 13.5. The molecule has 1 aliphatic rings. The van der Waals surface area contributed by atoms with Gasteiger partial charge < -0.3 is 14.6 Å². The molecular weight excluding hydrogens is 488 g/mol. The molecule has 1 unspecified atom stereocenters. The molecule has 5 rings (SSSR count). The van der Waals surface area contributed by atoms with Gasteiger partial charge >= 0.3 is 5.91 Å². The van der Waals surface area contributed by atoms with Gasteiger partial charge in [-0.05, 0) is 79.4 Å². The predicted molar refractivity (Wildman–Crippen MR) is 145 cm³/mol. The minimum atomic E-state index is -0.889. The number of aliphatic hydroxyl groups excluding tert-OH is 1. The van der Waals surface area contributed by atoms with Crippen LogP contribution in [0, 0.1) is 20.8 Å². The first-order valence-electron chi connectivity index (χ1n) is 11.7. The van der Waals surface area contributed by atoms with E-state index in [1.165, 1.54) is 16.2 Å². The van der Waals surface area contributed by atoms with E-state index >= 15 is 0 Å². The maximum atomic E-state index is 13.5. The molecule has 0 bridgehead atoms. The standard InChI is InChI=1S/C29H26N2O5S/c1-15-11-17(3)24-22(12-15)37-29(30-24)31-25(18-7-6-8-20(14-18)35-4)23(27(33)28(31)34)26(32)19-9-10-21(36-5)16(2)13-19/h6-14,25,32H,1-5H3. The number of benzene rings is 3. The van der Waals surface area contributed by atoms with Crippen LogP contribution in [0.25, 0.3) is 16.0 Å². The Bertz CT molecular complexity index is 1600. The Morgan fingerprint density at radius 1 is 0.973 bits per heavy atom. The van der Waals surface area contributed by atoms with Crippen LogP contribution in [0.4, 0.5) is 5.13 Å². The van der Waals surface area contributed by atoms with Gasteiger partial charge in [-0.2, -0.15) is 0 Å². The van der Waals surface area contributed by atoms with Crippen LogP contribution in [0.2, 0.25) is 0 Å². The fraction of sp³-hybridized carbons (Fsp3) is 0.207. The van der Waals surface area contributed by atoms with Gasteiger partial charge in [-0.25, -0.2) is 4.98 Å². The fourth-order valence-electron chi connectivity index (χ4n) is 4.80. The van der Waals surface area contributed by atoms with Crippen molar-refractivity contribution in [2.75, 3.05) is 19.1 Å². The zero-order valence-corrected chi connectivity index (χ0v) is 22.0. The van der Waals surface area contributed by atoms with Gasteiger partial charge in [0.2, 0.25) is 0 Å². The highest BCUT2D eigenvalue weighted by atomic mass is 32.1. The highest BCUT2D eigenvalue weighted by Crippen LogP contribution is 2.45. The van der Waals surface area contributed by atoms with E-state index in [0.717, 1.165) is 26.9 Å². The molecule has 1 aliphatic heterocycles. The van der Waals surface area contributed by atoms with E-state index in [1.807, 2.05) is 32.9 Å². The molecule has 1 fully saturated rings. The van der Waals surface area contributed by atoms with Gasteiger partial charge in [-0.1, -0.05) is 29.5 Å². The number of thiazole rings is 1. The normalized spacial score (nSPS) is 17.0. The van der Waals surface area contributed by atoms with Crippen molar-refractivity contribution in [1.29, 1.82) is 0 Å². The summed E-state index contributed by atoms with van der Waals surface area (Å²) in [6, 6.07) is 15.4. The van der Waals surface area contributed by atoms with Crippen molar-refractivity contribution in [3.8, 4) is 11.5 Å². The van der Waals surface area contributed by atoms with E-state index in [-0.39, 0.29) is 11.3 Å². The SMILES string of the molecule is COc1cccc(C2C(=C(O)c3ccc(OC)c(C)c3)C(=O)C(=O)N2c2nc3c(C)cc(C)cc3s2)c1. The summed E-state index contributed by atoms with van der Waals surface area (Å²) >= 11 is 1.34. The van der Waals surface area contributed by atoms with E-state index in [4.69, 9.17) is 14.5 Å². The van der Waals surface area contributed by atoms with Crippen molar-refractivity contribution in [1.82, 2.24) is 4.98 Å². The van der Waals surface area contributed by atoms with Gasteiger partial charge in [0.25, 0.3) is 5.78 Å². The molecule has 4 aromatic rings. The number of ether oxygens (including phenoxy) is 2. The third kappa shape index (κ3) is 4.13. The Balaban J connectivity index is 1.75. The molecule has 0 saturated carbocycles. The molecule has 0 aliphatic carbocycles. The summed E-state index contributed by atoms with van der Waals surface area (Å²) in [5.41, 5.74) is 4.67. The zero-order valence-electron chi connectivity index (χ0n) is 21.2. The molecule has 0 radical (unpaired) electrons. The summed E-state index contributed by atoms with van der Waals surface area (Å²) in [5.74, 6) is -0.549. The molecule has 1 aromatic heterocycles. The number of Topliss-reactive ketones (excluding diaryl/α,β-unsaturated/α-hetero) is 1. The van der Waals surface area contributed by atoms with E-state index < -0.39 is 17.7 Å². The lowest BCUT2D eigenvalue weighted by atomic mass is 9.94. The Morgan fingerprint density at radius 2 is 1.76 bits per heavy atom. The number of nitrogens with zero attached hydrogens (tertiary/aromatic N) is 2. The maximum Gasteiger partial charge on any atom is 0.301 e. The average Bonchev–Trinajstić information content (AvgIpc) is 3.42. The van der Waals surface area contributed by atoms with Crippen LogP contribution in [-0.4, -0.2) is 36.0 Å². The molecule has 1 saturated heterocycles. The van der Waals surface area contributed by atoms with Crippen LogP contribution < -0.4 is 14.4 Å². The fourth-order valence-corrected chi connectivity index (χ4v) is 5.97. The quantitative estimate of drug-likeness (QED) is 0.204. The average molecular weight is 515 g/mol. The molecular formula is C29H26N2O5S. The summed E-state index contributed by atoms with van der Waals surface area (Å²) in [6.45, 7) is 5.82. The first-order chi connectivity index (χ1) is 17.7. The second-order valence-electron chi connectivity index (χ2n) is 9.06. The van der Waals surface area contributed by atoms with Crippen molar-refractivity contribution in [2.24, 2.45) is 0 Å². The number of ketones is 1. The summed E-state index contributed by atoms with van der Waals surface area (Å²) in [6.07, 6.45) is 0. The molecule has 8 heteroatoms. The second-order valence-corrected chi connectivity index (χ2v) is 10.1. The topological polar surface area (TPSA) is 89.0 Å². The number of amides is 1. The van der Waals surface area contributed by atoms with Gasteiger partial charge in [0, 0.05) is 5.56 Å². The number of carbonyl (C=O) groups is 2. The number of hydrogen-bond acceptors (Lipinski definition) is 7. The van der Waals surface area contributed by atoms with E-state index in [0.29, 0.717) is 27.8 Å². The molecule has 1 N–H and O–H groups in total. The van der Waals surface area contributed by atoms with Gasteiger partial charge in [0.05, 0.1) is 36.1 Å². The minimum absolute atomic E-state index is 0.00465. The number of rotatable bonds is 5. The van der Waals surface area contributed by atoms with Crippen molar-refractivity contribution >= 4 is 44.1 Å². The summed E-state index contributed by atoms with van der Waals surface area (Å²) in [4.78, 5) is 33.2. The first kappa shape index (κ1) is 24.5. The van der Waals surface area contributed by atoms with Crippen LogP contribution in [0.5, 0.6) is 11.5 Å². The molecule has 1 amide bonds. The summed E-state index contributed by atoms with van der Waals surface area (Å²) in [5, 5.41) is 11.8. The highest BCUT2D eigenvalue weighted by Gasteiger charge is 2.48. The van der Waals surface area contributed by atoms with Crippen LogP contribution in [0.1, 0.15) is 33.9 Å². The van der Waals surface area contributed by atoms with Crippen molar-refractivity contribution in [3.63, 3.8) is 0 Å². The zero-order chi connectivity index (χ0) is 26.4. The number of aliphatic hydroxyl groups is 1. The lowest BCUT2D eigenvalue weighted by molar-refractivity contribution is -0.132. The van der Waals surface area contributed by atoms with Gasteiger partial charge in [0.15, 0.2) is 5.13 Å². The second kappa shape index (κ2) is 9.37. The smallest absolute Gasteiger partial charge is 0.301 e. The van der Waals surface area contributed by atoms with Gasteiger partial charge in [-0.3, -0.25) is 14.5 Å². The third-order valence-corrected chi connectivity index (χ3v) is 7.55. The Kier molecular flexibility index (Phi) is 6.21. The Morgan fingerprint density at radius 3 is 2.46 bits per heavy atom. The minimum Gasteiger partial charge on any atom is -0.507 e. The summed E-state index contributed by atoms with van der Waals surface area (Å²) in [7, 11) is 3.12. The predicted octanol–water partition coefficient (Wildman–Crippen LogP) is 5.87. The van der Waals surface area contributed by atoms with E-state index in [1.54, 1.807) is 56.7 Å². The Hall–Kier alpha value is -4.17. The first-order valence-corrected chi connectivity index (χ1v) is 12.5.